The minimum Gasteiger partial charge on any atom is -0.502 e. The maximum Gasteiger partial charge on any atom is 0.253 e. The van der Waals surface area contributed by atoms with E-state index in [0.717, 1.165) is 0 Å². The van der Waals surface area contributed by atoms with E-state index in [4.69, 9.17) is 16.0 Å². The first kappa shape index (κ1) is 17.2. The van der Waals surface area contributed by atoms with Gasteiger partial charge in [-0.1, -0.05) is 41.9 Å². The Balaban J connectivity index is 1.88. The molecule has 0 unspecified atom stereocenters. The Kier molecular flexibility index (Phi) is 4.61. The van der Waals surface area contributed by atoms with Crippen LogP contribution in [0.5, 0.6) is 11.5 Å². The van der Waals surface area contributed by atoms with Crippen molar-refractivity contribution in [2.24, 2.45) is 0 Å². The molecule has 0 aliphatic carbocycles. The minimum atomic E-state index is -3.84. The van der Waals surface area contributed by atoms with E-state index < -0.39 is 27.4 Å². The van der Waals surface area contributed by atoms with Crippen molar-refractivity contribution in [2.45, 2.75) is 5.75 Å². The van der Waals surface area contributed by atoms with Crippen LogP contribution >= 0.6 is 11.6 Å². The number of anilines is 1. The Morgan fingerprint density at radius 1 is 0.960 bits per heavy atom. The van der Waals surface area contributed by atoms with Gasteiger partial charge >= 0.3 is 0 Å². The fourth-order valence-electron chi connectivity index (χ4n) is 2.25. The number of nitrogens with one attached hydrogen (secondary N) is 1. The van der Waals surface area contributed by atoms with Crippen molar-refractivity contribution in [1.29, 1.82) is 0 Å². The highest BCUT2D eigenvalue weighted by Crippen LogP contribution is 2.45. The number of benzene rings is 2. The van der Waals surface area contributed by atoms with Gasteiger partial charge in [0, 0.05) is 10.6 Å². The third kappa shape index (κ3) is 3.89. The third-order valence-corrected chi connectivity index (χ3v) is 4.87. The first-order valence-corrected chi connectivity index (χ1v) is 9.24. The number of rotatable bonds is 5. The molecule has 0 spiro atoms. The molecule has 3 aromatic rings. The van der Waals surface area contributed by atoms with Gasteiger partial charge in [0.15, 0.2) is 5.76 Å². The monoisotopic (exact) mass is 379 g/mol. The Morgan fingerprint density at radius 2 is 1.60 bits per heavy atom. The number of sulfonamides is 1. The molecule has 0 bridgehead atoms. The Morgan fingerprint density at radius 3 is 2.24 bits per heavy atom. The maximum absolute atomic E-state index is 12.2. The second kappa shape index (κ2) is 6.70. The van der Waals surface area contributed by atoms with Crippen molar-refractivity contribution >= 4 is 27.5 Å². The smallest absolute Gasteiger partial charge is 0.253 e. The predicted molar refractivity (Wildman–Crippen MR) is 95.2 cm³/mol. The van der Waals surface area contributed by atoms with E-state index >= 15 is 0 Å². The number of furan rings is 1. The molecule has 3 rings (SSSR count). The van der Waals surface area contributed by atoms with E-state index in [-0.39, 0.29) is 11.5 Å². The summed E-state index contributed by atoms with van der Waals surface area (Å²) >= 11 is 5.81. The van der Waals surface area contributed by atoms with Crippen LogP contribution in [-0.2, 0) is 15.8 Å². The van der Waals surface area contributed by atoms with Crippen molar-refractivity contribution in [3.63, 3.8) is 0 Å². The molecule has 25 heavy (non-hydrogen) atoms. The van der Waals surface area contributed by atoms with Crippen LogP contribution in [0.1, 0.15) is 5.56 Å². The summed E-state index contributed by atoms with van der Waals surface area (Å²) in [5.41, 5.74) is 1.01. The SMILES string of the molecule is O=S(=O)(Cc1ccccc1)Nc1oc(-c2ccc(Cl)cc2)c(O)c1O. The van der Waals surface area contributed by atoms with Crippen LogP contribution in [0.4, 0.5) is 5.88 Å². The lowest BCUT2D eigenvalue weighted by atomic mass is 10.1. The van der Waals surface area contributed by atoms with Gasteiger partial charge < -0.3 is 14.6 Å². The molecular weight excluding hydrogens is 366 g/mol. The molecule has 1 aromatic heterocycles. The van der Waals surface area contributed by atoms with Crippen LogP contribution in [0, 0.1) is 0 Å². The zero-order valence-electron chi connectivity index (χ0n) is 12.8. The maximum atomic E-state index is 12.2. The van der Waals surface area contributed by atoms with E-state index in [2.05, 4.69) is 4.72 Å². The van der Waals surface area contributed by atoms with Gasteiger partial charge in [-0.25, -0.2) is 13.1 Å². The molecule has 1 heterocycles. The average Bonchev–Trinajstić information content (AvgIpc) is 2.84. The average molecular weight is 380 g/mol. The van der Waals surface area contributed by atoms with Crippen molar-refractivity contribution in [3.05, 3.63) is 65.2 Å². The van der Waals surface area contributed by atoms with Gasteiger partial charge in [0.1, 0.15) is 0 Å². The van der Waals surface area contributed by atoms with Gasteiger partial charge in [-0.2, -0.15) is 0 Å². The second-order valence-corrected chi connectivity index (χ2v) is 7.47. The van der Waals surface area contributed by atoms with E-state index in [1.165, 1.54) is 0 Å². The summed E-state index contributed by atoms with van der Waals surface area (Å²) in [5.74, 6) is -2.04. The summed E-state index contributed by atoms with van der Waals surface area (Å²) in [6.07, 6.45) is 0. The van der Waals surface area contributed by atoms with Gasteiger partial charge in [-0.05, 0) is 29.8 Å². The molecule has 0 radical (unpaired) electrons. The molecule has 130 valence electrons. The van der Waals surface area contributed by atoms with Crippen molar-refractivity contribution in [3.8, 4) is 22.8 Å². The molecule has 0 saturated heterocycles. The van der Waals surface area contributed by atoms with E-state index in [0.29, 0.717) is 16.1 Å². The molecule has 8 heteroatoms. The van der Waals surface area contributed by atoms with Gasteiger partial charge in [-0.3, -0.25) is 0 Å². The van der Waals surface area contributed by atoms with E-state index in [9.17, 15) is 18.6 Å². The highest BCUT2D eigenvalue weighted by Gasteiger charge is 2.24. The minimum absolute atomic E-state index is 0.0634. The van der Waals surface area contributed by atoms with E-state index in [1.54, 1.807) is 54.6 Å². The van der Waals surface area contributed by atoms with Crippen molar-refractivity contribution in [2.75, 3.05) is 4.72 Å². The fourth-order valence-corrected chi connectivity index (χ4v) is 3.50. The van der Waals surface area contributed by atoms with Crippen LogP contribution in [0.3, 0.4) is 0 Å². The molecule has 0 aliphatic heterocycles. The fraction of sp³-hybridized carbons (Fsp3) is 0.0588. The molecule has 3 N–H and O–H groups in total. The van der Waals surface area contributed by atoms with Gasteiger partial charge in [0.25, 0.3) is 5.88 Å². The van der Waals surface area contributed by atoms with Gasteiger partial charge in [0.05, 0.1) is 5.75 Å². The highest BCUT2D eigenvalue weighted by molar-refractivity contribution is 7.91. The zero-order valence-corrected chi connectivity index (χ0v) is 14.4. The van der Waals surface area contributed by atoms with Crippen molar-refractivity contribution in [1.82, 2.24) is 0 Å². The number of halogens is 1. The molecule has 0 saturated carbocycles. The summed E-state index contributed by atoms with van der Waals surface area (Å²) in [6.45, 7) is 0. The topological polar surface area (TPSA) is 99.8 Å². The standard InChI is InChI=1S/C17H14ClNO5S/c18-13-8-6-12(7-9-13)16-14(20)15(21)17(24-16)19-25(22,23)10-11-4-2-1-3-5-11/h1-9,19-21H,10H2. The normalized spacial score (nSPS) is 11.4. The Hall–Kier alpha value is -2.64. The van der Waals surface area contributed by atoms with Gasteiger partial charge in [0.2, 0.25) is 21.5 Å². The third-order valence-electron chi connectivity index (χ3n) is 3.41. The highest BCUT2D eigenvalue weighted by atomic mass is 35.5. The van der Waals surface area contributed by atoms with Crippen molar-refractivity contribution < 1.29 is 23.0 Å². The summed E-state index contributed by atoms with van der Waals surface area (Å²) in [7, 11) is -3.84. The lowest BCUT2D eigenvalue weighted by molar-refractivity contribution is 0.410. The summed E-state index contributed by atoms with van der Waals surface area (Å²) < 4.78 is 31.9. The number of aromatic hydroxyl groups is 2. The van der Waals surface area contributed by atoms with Crippen LogP contribution in [0.15, 0.2) is 59.0 Å². The molecule has 0 amide bonds. The predicted octanol–water partition coefficient (Wildman–Crippen LogP) is 3.95. The molecule has 0 atom stereocenters. The Labute approximate surface area is 149 Å². The quantitative estimate of drug-likeness (QED) is 0.623. The second-order valence-electron chi connectivity index (χ2n) is 5.31. The summed E-state index contributed by atoms with van der Waals surface area (Å²) in [4.78, 5) is 0. The largest absolute Gasteiger partial charge is 0.502 e. The molecular formula is C17H14ClNO5S. The number of hydrogen-bond donors (Lipinski definition) is 3. The van der Waals surface area contributed by atoms with Gasteiger partial charge in [-0.15, -0.1) is 0 Å². The van der Waals surface area contributed by atoms with E-state index in [1.807, 2.05) is 0 Å². The van der Waals surface area contributed by atoms with Crippen LogP contribution in [0.2, 0.25) is 5.02 Å². The van der Waals surface area contributed by atoms with Crippen LogP contribution < -0.4 is 4.72 Å². The summed E-state index contributed by atoms with van der Waals surface area (Å²) in [6, 6.07) is 14.9. The molecule has 0 aliphatic rings. The van der Waals surface area contributed by atoms with Crippen LogP contribution in [0.25, 0.3) is 11.3 Å². The molecule has 6 nitrogen and oxygen atoms in total. The number of hydrogen-bond acceptors (Lipinski definition) is 5. The zero-order chi connectivity index (χ0) is 18.0. The lowest BCUT2D eigenvalue weighted by Gasteiger charge is -2.05. The summed E-state index contributed by atoms with van der Waals surface area (Å²) in [5, 5.41) is 20.5. The Bertz CT molecular complexity index is 982. The first-order valence-electron chi connectivity index (χ1n) is 7.21. The molecule has 2 aromatic carbocycles. The van der Waals surface area contributed by atoms with Crippen LogP contribution in [-0.4, -0.2) is 18.6 Å². The first-order chi connectivity index (χ1) is 11.9. The lowest BCUT2D eigenvalue weighted by Crippen LogP contribution is -2.14. The molecule has 0 fully saturated rings.